The third kappa shape index (κ3) is 2.60. The number of thiazole rings is 1. The Labute approximate surface area is 129 Å². The second kappa shape index (κ2) is 5.64. The van der Waals surface area contributed by atoms with Crippen LogP contribution in [0.25, 0.3) is 0 Å². The van der Waals surface area contributed by atoms with Gasteiger partial charge in [0.15, 0.2) is 16.6 Å². The van der Waals surface area contributed by atoms with Crippen LogP contribution in [0.5, 0.6) is 11.5 Å². The molecule has 2 heterocycles. The Balaban J connectivity index is 1.78. The van der Waals surface area contributed by atoms with Crippen LogP contribution in [-0.4, -0.2) is 30.8 Å². The SMILES string of the molecule is COC(=O)c1sc(NC(=O)c2ccc3c(c2)OCO3)nc1C. The zero-order valence-corrected chi connectivity index (χ0v) is 12.7. The van der Waals surface area contributed by atoms with Crippen molar-refractivity contribution in [2.45, 2.75) is 6.92 Å². The van der Waals surface area contributed by atoms with E-state index in [1.165, 1.54) is 7.11 Å². The number of anilines is 1. The highest BCUT2D eigenvalue weighted by Crippen LogP contribution is 2.33. The Morgan fingerprint density at radius 3 is 2.86 bits per heavy atom. The molecule has 0 atom stereocenters. The van der Waals surface area contributed by atoms with Crippen molar-refractivity contribution in [2.75, 3.05) is 19.2 Å². The second-order valence-corrected chi connectivity index (χ2v) is 5.45. The van der Waals surface area contributed by atoms with Gasteiger partial charge in [0.2, 0.25) is 6.79 Å². The molecule has 1 aliphatic rings. The van der Waals surface area contributed by atoms with Gasteiger partial charge in [-0.1, -0.05) is 11.3 Å². The molecule has 22 heavy (non-hydrogen) atoms. The molecule has 0 bridgehead atoms. The molecule has 0 fully saturated rings. The number of carbonyl (C=O) groups is 2. The Hall–Kier alpha value is -2.61. The summed E-state index contributed by atoms with van der Waals surface area (Å²) >= 11 is 1.07. The molecule has 0 spiro atoms. The average molecular weight is 320 g/mol. The van der Waals surface area contributed by atoms with Crippen LogP contribution in [0.4, 0.5) is 5.13 Å². The molecule has 3 rings (SSSR count). The van der Waals surface area contributed by atoms with Crippen LogP contribution in [0.2, 0.25) is 0 Å². The molecule has 1 aromatic heterocycles. The van der Waals surface area contributed by atoms with Crippen molar-refractivity contribution in [3.8, 4) is 11.5 Å². The highest BCUT2D eigenvalue weighted by Gasteiger charge is 2.19. The highest BCUT2D eigenvalue weighted by atomic mass is 32.1. The van der Waals surface area contributed by atoms with Gasteiger partial charge in [0.1, 0.15) is 4.88 Å². The standard InChI is InChI=1S/C14H12N2O5S/c1-7-11(13(18)19-2)22-14(15-7)16-12(17)8-3-4-9-10(5-8)21-6-20-9/h3-5H,6H2,1-2H3,(H,15,16,17). The lowest BCUT2D eigenvalue weighted by Gasteiger charge is -2.02. The first-order valence-corrected chi connectivity index (χ1v) is 7.17. The fraction of sp³-hybridized carbons (Fsp3) is 0.214. The van der Waals surface area contributed by atoms with Crippen molar-refractivity contribution in [3.63, 3.8) is 0 Å². The number of methoxy groups -OCH3 is 1. The van der Waals surface area contributed by atoms with E-state index in [-0.39, 0.29) is 12.7 Å². The lowest BCUT2D eigenvalue weighted by Crippen LogP contribution is -2.11. The molecular formula is C14H12N2O5S. The summed E-state index contributed by atoms with van der Waals surface area (Å²) in [6, 6.07) is 4.90. The van der Waals surface area contributed by atoms with E-state index in [0.717, 1.165) is 11.3 Å². The number of esters is 1. The van der Waals surface area contributed by atoms with E-state index in [1.54, 1.807) is 25.1 Å². The molecule has 0 saturated heterocycles. The summed E-state index contributed by atoms with van der Waals surface area (Å²) < 4.78 is 15.1. The number of fused-ring (bicyclic) bond motifs is 1. The molecule has 1 N–H and O–H groups in total. The van der Waals surface area contributed by atoms with Gasteiger partial charge < -0.3 is 14.2 Å². The van der Waals surface area contributed by atoms with E-state index < -0.39 is 5.97 Å². The average Bonchev–Trinajstić information content (AvgIpc) is 3.11. The number of benzene rings is 1. The fourth-order valence-electron chi connectivity index (χ4n) is 1.94. The molecule has 114 valence electrons. The maximum Gasteiger partial charge on any atom is 0.350 e. The summed E-state index contributed by atoms with van der Waals surface area (Å²) in [5.41, 5.74) is 0.926. The van der Waals surface area contributed by atoms with Crippen LogP contribution in [0.3, 0.4) is 0 Å². The van der Waals surface area contributed by atoms with E-state index in [4.69, 9.17) is 9.47 Å². The topological polar surface area (TPSA) is 86.8 Å². The lowest BCUT2D eigenvalue weighted by atomic mass is 10.2. The van der Waals surface area contributed by atoms with Crippen LogP contribution in [-0.2, 0) is 4.74 Å². The number of hydrogen-bond acceptors (Lipinski definition) is 7. The fourth-order valence-corrected chi connectivity index (χ4v) is 2.82. The number of nitrogens with zero attached hydrogens (tertiary/aromatic N) is 1. The smallest absolute Gasteiger partial charge is 0.350 e. The minimum Gasteiger partial charge on any atom is -0.465 e. The Morgan fingerprint density at radius 1 is 1.32 bits per heavy atom. The van der Waals surface area contributed by atoms with Crippen molar-refractivity contribution >= 4 is 28.3 Å². The first-order chi connectivity index (χ1) is 10.6. The maximum atomic E-state index is 12.2. The van der Waals surface area contributed by atoms with E-state index in [0.29, 0.717) is 32.8 Å². The van der Waals surface area contributed by atoms with E-state index >= 15 is 0 Å². The lowest BCUT2D eigenvalue weighted by molar-refractivity contribution is 0.0605. The van der Waals surface area contributed by atoms with Crippen molar-refractivity contribution in [1.82, 2.24) is 4.98 Å². The van der Waals surface area contributed by atoms with Crippen LogP contribution >= 0.6 is 11.3 Å². The summed E-state index contributed by atoms with van der Waals surface area (Å²) in [6.45, 7) is 1.83. The van der Waals surface area contributed by atoms with Gasteiger partial charge in [0, 0.05) is 5.56 Å². The Bertz CT molecular complexity index is 756. The minimum absolute atomic E-state index is 0.147. The van der Waals surface area contributed by atoms with Gasteiger partial charge in [0.05, 0.1) is 12.8 Å². The number of carbonyl (C=O) groups excluding carboxylic acids is 2. The van der Waals surface area contributed by atoms with E-state index in [2.05, 4.69) is 15.0 Å². The van der Waals surface area contributed by atoms with Crippen LogP contribution in [0.1, 0.15) is 25.7 Å². The Kier molecular flexibility index (Phi) is 3.68. The summed E-state index contributed by atoms with van der Waals surface area (Å²) in [5.74, 6) is 0.315. The van der Waals surface area contributed by atoms with Gasteiger partial charge in [0.25, 0.3) is 5.91 Å². The number of ether oxygens (including phenoxy) is 3. The van der Waals surface area contributed by atoms with Gasteiger partial charge in [-0.15, -0.1) is 0 Å². The monoisotopic (exact) mass is 320 g/mol. The molecule has 0 aliphatic carbocycles. The molecule has 7 nitrogen and oxygen atoms in total. The predicted molar refractivity (Wildman–Crippen MR) is 78.7 cm³/mol. The number of rotatable bonds is 3. The zero-order chi connectivity index (χ0) is 15.7. The van der Waals surface area contributed by atoms with Crippen LogP contribution in [0.15, 0.2) is 18.2 Å². The van der Waals surface area contributed by atoms with Crippen LogP contribution in [0, 0.1) is 6.92 Å². The summed E-state index contributed by atoms with van der Waals surface area (Å²) in [5, 5.41) is 2.99. The minimum atomic E-state index is -0.474. The van der Waals surface area contributed by atoms with Crippen molar-refractivity contribution in [2.24, 2.45) is 0 Å². The van der Waals surface area contributed by atoms with Gasteiger partial charge >= 0.3 is 5.97 Å². The molecule has 0 unspecified atom stereocenters. The molecule has 1 aliphatic heterocycles. The molecule has 0 saturated carbocycles. The number of nitrogens with one attached hydrogen (secondary N) is 1. The number of aromatic nitrogens is 1. The second-order valence-electron chi connectivity index (χ2n) is 4.45. The summed E-state index contributed by atoms with van der Waals surface area (Å²) in [6.07, 6.45) is 0. The van der Waals surface area contributed by atoms with E-state index in [9.17, 15) is 9.59 Å². The van der Waals surface area contributed by atoms with E-state index in [1.807, 2.05) is 0 Å². The number of amides is 1. The van der Waals surface area contributed by atoms with Gasteiger partial charge in [-0.2, -0.15) is 0 Å². The molecule has 1 aromatic carbocycles. The zero-order valence-electron chi connectivity index (χ0n) is 11.8. The van der Waals surface area contributed by atoms with Gasteiger partial charge in [-0.25, -0.2) is 9.78 Å². The van der Waals surface area contributed by atoms with Crippen molar-refractivity contribution in [3.05, 3.63) is 34.3 Å². The quantitative estimate of drug-likeness (QED) is 0.873. The predicted octanol–water partition coefficient (Wildman–Crippen LogP) is 2.22. The van der Waals surface area contributed by atoms with Crippen LogP contribution < -0.4 is 14.8 Å². The molecule has 0 radical (unpaired) electrons. The molecular weight excluding hydrogens is 308 g/mol. The largest absolute Gasteiger partial charge is 0.465 e. The third-order valence-corrected chi connectivity index (χ3v) is 4.08. The Morgan fingerprint density at radius 2 is 2.09 bits per heavy atom. The highest BCUT2D eigenvalue weighted by molar-refractivity contribution is 7.17. The molecule has 8 heteroatoms. The summed E-state index contributed by atoms with van der Waals surface area (Å²) in [7, 11) is 1.30. The number of hydrogen-bond donors (Lipinski definition) is 1. The van der Waals surface area contributed by atoms with Crippen molar-refractivity contribution in [1.29, 1.82) is 0 Å². The van der Waals surface area contributed by atoms with Gasteiger partial charge in [-0.3, -0.25) is 10.1 Å². The van der Waals surface area contributed by atoms with Crippen molar-refractivity contribution < 1.29 is 23.8 Å². The molecule has 2 aromatic rings. The first kappa shape index (κ1) is 14.3. The number of aryl methyl sites for hydroxylation is 1. The molecule has 1 amide bonds. The normalized spacial score (nSPS) is 12.1. The summed E-state index contributed by atoms with van der Waals surface area (Å²) in [4.78, 5) is 28.3. The maximum absolute atomic E-state index is 12.2. The van der Waals surface area contributed by atoms with Gasteiger partial charge in [-0.05, 0) is 25.1 Å². The first-order valence-electron chi connectivity index (χ1n) is 6.35. The third-order valence-electron chi connectivity index (χ3n) is 3.02.